The van der Waals surface area contributed by atoms with Crippen molar-refractivity contribution >= 4 is 23.0 Å². The molecule has 0 aromatic heterocycles. The average molecular weight is 380 g/mol. The van der Waals surface area contributed by atoms with Crippen LogP contribution in [0.3, 0.4) is 0 Å². The first kappa shape index (κ1) is 23.7. The van der Waals surface area contributed by atoms with Gasteiger partial charge in [0.25, 0.3) is 0 Å². The first-order valence-corrected chi connectivity index (χ1v) is 14.2. The van der Waals surface area contributed by atoms with Crippen LogP contribution in [0.5, 0.6) is 0 Å². The maximum absolute atomic E-state index is 11.5. The smallest absolute Gasteiger partial charge is 0.466 e. The molecule has 8 heteroatoms. The summed E-state index contributed by atoms with van der Waals surface area (Å²) in [5.74, 6) is -0.0934. The van der Waals surface area contributed by atoms with Crippen LogP contribution in [0.4, 0.5) is 0 Å². The van der Waals surface area contributed by atoms with Crippen molar-refractivity contribution in [3.05, 3.63) is 0 Å². The van der Waals surface area contributed by atoms with E-state index in [9.17, 15) is 4.79 Å². The number of nitrogens with zero attached hydrogens (tertiary/aromatic N) is 1. The fourth-order valence-corrected chi connectivity index (χ4v) is 6.08. The first-order chi connectivity index (χ1) is 11.2. The van der Waals surface area contributed by atoms with Gasteiger partial charge in [-0.05, 0) is 39.3 Å². The largest absolute Gasteiger partial charge is 0.500 e. The summed E-state index contributed by atoms with van der Waals surface area (Å²) in [4.78, 5) is 11.5. The zero-order valence-electron chi connectivity index (χ0n) is 16.6. The summed E-state index contributed by atoms with van der Waals surface area (Å²) in [5, 5.41) is 0. The van der Waals surface area contributed by atoms with Crippen LogP contribution in [0.2, 0.25) is 25.7 Å². The van der Waals surface area contributed by atoms with Crippen LogP contribution in [0.25, 0.3) is 0 Å². The van der Waals surface area contributed by atoms with Gasteiger partial charge in [0.2, 0.25) is 0 Å². The van der Waals surface area contributed by atoms with Gasteiger partial charge in [0.1, 0.15) is 8.24 Å². The summed E-state index contributed by atoms with van der Waals surface area (Å²) in [6.45, 7) is 11.3. The van der Waals surface area contributed by atoms with Gasteiger partial charge < -0.3 is 22.6 Å². The maximum atomic E-state index is 11.5. The predicted octanol–water partition coefficient (Wildman–Crippen LogP) is 3.12. The molecule has 0 aliphatic rings. The summed E-state index contributed by atoms with van der Waals surface area (Å²) in [6.07, 6.45) is 3.45. The fourth-order valence-electron chi connectivity index (χ4n) is 2.63. The number of unbranched alkanes of at least 4 members (excludes halogenated alkanes) is 1. The Labute approximate surface area is 150 Å². The molecule has 0 aliphatic carbocycles. The molecule has 24 heavy (non-hydrogen) atoms. The molecule has 0 bridgehead atoms. The molecule has 0 heterocycles. The maximum Gasteiger partial charge on any atom is 0.500 e. The van der Waals surface area contributed by atoms with Crippen LogP contribution in [0, 0.1) is 0 Å². The molecule has 0 N–H and O–H groups in total. The molecule has 0 amide bonds. The lowest BCUT2D eigenvalue weighted by molar-refractivity contribution is -0.143. The second-order valence-electron chi connectivity index (χ2n) is 6.82. The highest BCUT2D eigenvalue weighted by molar-refractivity contribution is 6.73. The molecule has 6 nitrogen and oxygen atoms in total. The van der Waals surface area contributed by atoms with E-state index in [4.69, 9.17) is 18.0 Å². The fraction of sp³-hybridized carbons (Fsp3) is 0.938. The van der Waals surface area contributed by atoms with Crippen molar-refractivity contribution in [2.75, 3.05) is 41.0 Å². The number of hydrogen-bond acceptors (Lipinski definition) is 6. The van der Waals surface area contributed by atoms with Crippen LogP contribution in [-0.4, -0.2) is 68.6 Å². The summed E-state index contributed by atoms with van der Waals surface area (Å²) in [5.41, 5.74) is 0. The number of ether oxygens (including phenoxy) is 1. The third-order valence-corrected chi connectivity index (χ3v) is 9.33. The van der Waals surface area contributed by atoms with Gasteiger partial charge in [0, 0.05) is 33.8 Å². The normalized spacial score (nSPS) is 12.7. The highest BCUT2D eigenvalue weighted by Gasteiger charge is 2.37. The zero-order chi connectivity index (χ0) is 18.6. The van der Waals surface area contributed by atoms with Crippen molar-refractivity contribution in [3.8, 4) is 0 Å². The van der Waals surface area contributed by atoms with Crippen molar-refractivity contribution < 1.29 is 22.8 Å². The van der Waals surface area contributed by atoms with Gasteiger partial charge in [-0.1, -0.05) is 19.6 Å². The predicted molar refractivity (Wildman–Crippen MR) is 102 cm³/mol. The second-order valence-corrected chi connectivity index (χ2v) is 14.9. The van der Waals surface area contributed by atoms with E-state index >= 15 is 0 Å². The van der Waals surface area contributed by atoms with E-state index in [1.54, 1.807) is 21.3 Å². The quantitative estimate of drug-likeness (QED) is 0.262. The summed E-state index contributed by atoms with van der Waals surface area (Å²) in [6, 6.07) is 0.832. The van der Waals surface area contributed by atoms with Crippen molar-refractivity contribution in [2.45, 2.75) is 58.3 Å². The Morgan fingerprint density at radius 1 is 0.917 bits per heavy atom. The molecule has 0 saturated heterocycles. The summed E-state index contributed by atoms with van der Waals surface area (Å²) in [7, 11) is 1.11. The van der Waals surface area contributed by atoms with E-state index in [2.05, 4.69) is 24.2 Å². The minimum atomic E-state index is -2.45. The van der Waals surface area contributed by atoms with Gasteiger partial charge in [-0.2, -0.15) is 0 Å². The number of esters is 1. The van der Waals surface area contributed by atoms with Crippen LogP contribution < -0.4 is 0 Å². The molecule has 0 rings (SSSR count). The van der Waals surface area contributed by atoms with Crippen molar-refractivity contribution in [3.63, 3.8) is 0 Å². The Morgan fingerprint density at radius 2 is 1.46 bits per heavy atom. The molecular formula is C16H37NO5Si2. The Morgan fingerprint density at radius 3 is 1.92 bits per heavy atom. The molecule has 0 aliphatic heterocycles. The average Bonchev–Trinajstić information content (AvgIpc) is 2.53. The number of rotatable bonds is 14. The lowest BCUT2D eigenvalue weighted by Gasteiger charge is -2.34. The van der Waals surface area contributed by atoms with Crippen LogP contribution in [0.15, 0.2) is 0 Å². The number of hydrogen-bond donors (Lipinski definition) is 0. The van der Waals surface area contributed by atoms with Crippen molar-refractivity contribution in [1.82, 2.24) is 4.57 Å². The molecule has 0 saturated carbocycles. The molecule has 0 aromatic carbocycles. The van der Waals surface area contributed by atoms with Gasteiger partial charge in [-0.25, -0.2) is 0 Å². The SMILES string of the molecule is CCOC(=O)CCCN(CCCC[Si](OC)(OC)OC)[Si](C)(C)C. The van der Waals surface area contributed by atoms with Gasteiger partial charge in [0.05, 0.1) is 6.61 Å². The minimum absolute atomic E-state index is 0.0934. The molecule has 0 spiro atoms. The first-order valence-electron chi connectivity index (χ1n) is 8.80. The standard InChI is InChI=1S/C16H37NO5Si2/c1-8-22-16(18)12-11-14-17(23(5,6)7)13-9-10-15-24(19-2,20-3)21-4/h8-15H2,1-7H3. The van der Waals surface area contributed by atoms with Crippen LogP contribution >= 0.6 is 0 Å². The Bertz CT molecular complexity index is 338. The van der Waals surface area contributed by atoms with E-state index in [1.165, 1.54) is 0 Å². The monoisotopic (exact) mass is 379 g/mol. The van der Waals surface area contributed by atoms with Gasteiger partial charge in [-0.15, -0.1) is 0 Å². The van der Waals surface area contributed by atoms with Crippen LogP contribution in [0.1, 0.15) is 32.6 Å². The molecule has 0 unspecified atom stereocenters. The van der Waals surface area contributed by atoms with E-state index in [-0.39, 0.29) is 5.97 Å². The molecule has 144 valence electrons. The van der Waals surface area contributed by atoms with E-state index in [0.29, 0.717) is 13.0 Å². The topological polar surface area (TPSA) is 57.2 Å². The van der Waals surface area contributed by atoms with Crippen LogP contribution in [-0.2, 0) is 22.8 Å². The van der Waals surface area contributed by atoms with Gasteiger partial charge in [0.15, 0.2) is 0 Å². The summed E-state index contributed by atoms with van der Waals surface area (Å²) >= 11 is 0. The third kappa shape index (κ3) is 9.29. The lowest BCUT2D eigenvalue weighted by Crippen LogP contribution is -2.47. The number of carbonyl (C=O) groups is 1. The van der Waals surface area contributed by atoms with Gasteiger partial charge in [-0.3, -0.25) is 4.79 Å². The minimum Gasteiger partial charge on any atom is -0.466 e. The molecule has 0 fully saturated rings. The second kappa shape index (κ2) is 12.2. The molecule has 0 radical (unpaired) electrons. The van der Waals surface area contributed by atoms with E-state index < -0.39 is 17.0 Å². The Balaban J connectivity index is 4.28. The zero-order valence-corrected chi connectivity index (χ0v) is 18.6. The van der Waals surface area contributed by atoms with Crippen molar-refractivity contribution in [1.29, 1.82) is 0 Å². The van der Waals surface area contributed by atoms with Crippen molar-refractivity contribution in [2.24, 2.45) is 0 Å². The highest BCUT2D eigenvalue weighted by Crippen LogP contribution is 2.18. The summed E-state index contributed by atoms with van der Waals surface area (Å²) < 4.78 is 23.9. The van der Waals surface area contributed by atoms with Gasteiger partial charge >= 0.3 is 14.8 Å². The highest BCUT2D eigenvalue weighted by atomic mass is 28.4. The lowest BCUT2D eigenvalue weighted by atomic mass is 10.3. The molecule has 0 atom stereocenters. The number of carbonyl (C=O) groups excluding carboxylic acids is 1. The third-order valence-electron chi connectivity index (χ3n) is 4.16. The Kier molecular flexibility index (Phi) is 12.0. The Hall–Kier alpha value is -0.256. The molecular weight excluding hydrogens is 342 g/mol. The van der Waals surface area contributed by atoms with E-state index in [0.717, 1.165) is 38.4 Å². The molecule has 0 aromatic rings. The van der Waals surface area contributed by atoms with E-state index in [1.807, 2.05) is 6.92 Å².